The monoisotopic (exact) mass is 426 g/mol. The van der Waals surface area contributed by atoms with E-state index >= 15 is 0 Å². The van der Waals surface area contributed by atoms with Crippen LogP contribution in [0.25, 0.3) is 0 Å². The van der Waals surface area contributed by atoms with Crippen molar-refractivity contribution in [2.24, 2.45) is 23.2 Å². The van der Waals surface area contributed by atoms with Crippen molar-refractivity contribution in [2.45, 2.75) is 64.7 Å². The molecule has 5 heteroatoms. The van der Waals surface area contributed by atoms with E-state index in [9.17, 15) is 14.7 Å². The molecule has 5 nitrogen and oxygen atoms in total. The lowest BCUT2D eigenvalue weighted by atomic mass is 9.55. The molecular formula is C26H38N2O3. The summed E-state index contributed by atoms with van der Waals surface area (Å²) in [6.45, 7) is 5.69. The molecule has 0 bridgehead atoms. The molecule has 0 aromatic heterocycles. The van der Waals surface area contributed by atoms with E-state index in [0.29, 0.717) is 42.3 Å². The molecule has 170 valence electrons. The maximum absolute atomic E-state index is 13.4. The number of amides is 1. The van der Waals surface area contributed by atoms with Crippen molar-refractivity contribution in [1.29, 1.82) is 0 Å². The number of aryl methyl sites for hydroxylation is 2. The molecule has 2 saturated carbocycles. The van der Waals surface area contributed by atoms with Gasteiger partial charge in [-0.05, 0) is 93.1 Å². The highest BCUT2D eigenvalue weighted by Crippen LogP contribution is 2.61. The summed E-state index contributed by atoms with van der Waals surface area (Å²) in [6, 6.07) is 4.22. The topological polar surface area (TPSA) is 69.6 Å². The number of Topliss-reactive ketones (excluding diaryl/α,β-unsaturated/α-hetero) is 1. The van der Waals surface area contributed by atoms with E-state index in [4.69, 9.17) is 0 Å². The third kappa shape index (κ3) is 4.02. The van der Waals surface area contributed by atoms with Crippen LogP contribution in [-0.2, 0) is 22.4 Å². The van der Waals surface area contributed by atoms with E-state index in [1.165, 1.54) is 11.1 Å². The van der Waals surface area contributed by atoms with Crippen molar-refractivity contribution < 1.29 is 14.7 Å². The van der Waals surface area contributed by atoms with Crippen molar-refractivity contribution in [2.75, 3.05) is 27.2 Å². The molecule has 0 unspecified atom stereocenters. The average Bonchev–Trinajstić information content (AvgIpc) is 2.97. The van der Waals surface area contributed by atoms with Gasteiger partial charge in [0.1, 0.15) is 11.5 Å². The van der Waals surface area contributed by atoms with Gasteiger partial charge in [-0.15, -0.1) is 0 Å². The minimum absolute atomic E-state index is 0.0102. The van der Waals surface area contributed by atoms with Crippen LogP contribution in [0.15, 0.2) is 12.1 Å². The molecule has 31 heavy (non-hydrogen) atoms. The van der Waals surface area contributed by atoms with Gasteiger partial charge in [-0.1, -0.05) is 19.9 Å². The summed E-state index contributed by atoms with van der Waals surface area (Å²) < 4.78 is 0. The molecule has 2 N–H and O–H groups in total. The lowest BCUT2D eigenvalue weighted by Crippen LogP contribution is -2.42. The number of hydrogen-bond acceptors (Lipinski definition) is 4. The first-order chi connectivity index (χ1) is 14.7. The Morgan fingerprint density at radius 3 is 2.77 bits per heavy atom. The van der Waals surface area contributed by atoms with Crippen LogP contribution in [0.5, 0.6) is 5.75 Å². The van der Waals surface area contributed by atoms with Gasteiger partial charge in [0.15, 0.2) is 0 Å². The average molecular weight is 427 g/mol. The number of rotatable bonds is 6. The van der Waals surface area contributed by atoms with E-state index in [-0.39, 0.29) is 17.2 Å². The molecule has 1 aromatic rings. The van der Waals surface area contributed by atoms with Crippen molar-refractivity contribution in [3.05, 3.63) is 28.8 Å². The quantitative estimate of drug-likeness (QED) is 0.728. The molecule has 2 fully saturated rings. The van der Waals surface area contributed by atoms with Crippen LogP contribution in [0, 0.1) is 23.2 Å². The molecular weight excluding hydrogens is 388 g/mol. The van der Waals surface area contributed by atoms with Crippen molar-refractivity contribution in [3.63, 3.8) is 0 Å². The van der Waals surface area contributed by atoms with Gasteiger partial charge in [0, 0.05) is 30.8 Å². The molecule has 3 aliphatic carbocycles. The van der Waals surface area contributed by atoms with Gasteiger partial charge in [-0.25, -0.2) is 0 Å². The maximum atomic E-state index is 13.4. The Kier molecular flexibility index (Phi) is 6.17. The lowest BCUT2D eigenvalue weighted by Gasteiger charge is -2.48. The minimum Gasteiger partial charge on any atom is -0.508 e. The Balaban J connectivity index is 1.50. The number of likely N-dealkylation sites (N-methyl/N-ethyl adjacent to an activating group) is 1. The first-order valence-corrected chi connectivity index (χ1v) is 12.0. The third-order valence-electron chi connectivity index (χ3n) is 8.48. The second kappa shape index (κ2) is 8.57. The van der Waals surface area contributed by atoms with Crippen molar-refractivity contribution in [3.8, 4) is 5.75 Å². The number of nitrogens with one attached hydrogen (secondary N) is 1. The summed E-state index contributed by atoms with van der Waals surface area (Å²) in [7, 11) is 3.98. The Morgan fingerprint density at radius 1 is 1.29 bits per heavy atom. The van der Waals surface area contributed by atoms with E-state index < -0.39 is 0 Å². The lowest BCUT2D eigenvalue weighted by molar-refractivity contribution is -0.134. The Morgan fingerprint density at radius 2 is 2.06 bits per heavy atom. The van der Waals surface area contributed by atoms with Crippen LogP contribution in [0.1, 0.15) is 68.6 Å². The molecule has 0 radical (unpaired) electrons. The fraction of sp³-hybridized carbons (Fsp3) is 0.692. The molecule has 0 heterocycles. The van der Waals surface area contributed by atoms with Crippen LogP contribution < -0.4 is 5.32 Å². The van der Waals surface area contributed by atoms with E-state index in [0.717, 1.165) is 50.6 Å². The predicted octanol–water partition coefficient (Wildman–Crippen LogP) is 3.67. The fourth-order valence-corrected chi connectivity index (χ4v) is 6.77. The normalized spacial score (nSPS) is 31.8. The summed E-state index contributed by atoms with van der Waals surface area (Å²) in [5.41, 5.74) is 3.45. The smallest absolute Gasteiger partial charge is 0.220 e. The first-order valence-electron chi connectivity index (χ1n) is 12.0. The highest BCUT2D eigenvalue weighted by Gasteiger charge is 2.58. The number of carbonyl (C=O) groups excluding carboxylic acids is 2. The zero-order valence-electron chi connectivity index (χ0n) is 19.5. The Hall–Kier alpha value is -1.88. The SMILES string of the molecule is CCc1cc2c(cc1O)CC[C@@H]1[C@@H]2CC[C@]2(C)C(=O)[C@@H](CC(=O)NCCN(C)C)C[C@@H]12. The van der Waals surface area contributed by atoms with Crippen LogP contribution >= 0.6 is 0 Å². The summed E-state index contributed by atoms with van der Waals surface area (Å²) in [5.74, 6) is 1.97. The minimum atomic E-state index is -0.280. The second-order valence-corrected chi connectivity index (χ2v) is 10.6. The van der Waals surface area contributed by atoms with Crippen LogP contribution in [0.2, 0.25) is 0 Å². The van der Waals surface area contributed by atoms with Crippen LogP contribution in [0.4, 0.5) is 0 Å². The largest absolute Gasteiger partial charge is 0.508 e. The summed E-state index contributed by atoms with van der Waals surface area (Å²) >= 11 is 0. The summed E-state index contributed by atoms with van der Waals surface area (Å²) in [6.07, 6.45) is 6.03. The molecule has 0 saturated heterocycles. The highest BCUT2D eigenvalue weighted by molar-refractivity contribution is 5.93. The van der Waals surface area contributed by atoms with E-state index in [2.05, 4.69) is 25.2 Å². The number of benzene rings is 1. The molecule has 4 rings (SSSR count). The number of nitrogens with zero attached hydrogens (tertiary/aromatic N) is 1. The molecule has 1 amide bonds. The fourth-order valence-electron chi connectivity index (χ4n) is 6.77. The van der Waals surface area contributed by atoms with Gasteiger partial charge in [0.2, 0.25) is 5.91 Å². The van der Waals surface area contributed by atoms with Gasteiger partial charge in [0.05, 0.1) is 0 Å². The maximum Gasteiger partial charge on any atom is 0.220 e. The van der Waals surface area contributed by atoms with Crippen molar-refractivity contribution in [1.82, 2.24) is 10.2 Å². The summed E-state index contributed by atoms with van der Waals surface area (Å²) in [4.78, 5) is 27.9. The van der Waals surface area contributed by atoms with Gasteiger partial charge in [0.25, 0.3) is 0 Å². The van der Waals surface area contributed by atoms with Gasteiger partial charge >= 0.3 is 0 Å². The standard InChI is InChI=1S/C26H38N2O3/c1-5-16-12-21-17(14-23(16)29)6-7-20-19(21)8-9-26(2)22(20)13-18(25(26)31)15-24(30)27-10-11-28(3)4/h12,14,18-20,22,29H,5-11,13,15H2,1-4H3,(H,27,30)/t18-,19+,20-,22+,26+/m1/s1. The number of fused-ring (bicyclic) bond motifs is 5. The van der Waals surface area contributed by atoms with Gasteiger partial charge < -0.3 is 15.3 Å². The van der Waals surface area contributed by atoms with Gasteiger partial charge in [-0.3, -0.25) is 9.59 Å². The van der Waals surface area contributed by atoms with E-state index in [1.807, 2.05) is 25.1 Å². The number of aromatic hydroxyl groups is 1. The van der Waals surface area contributed by atoms with Crippen molar-refractivity contribution >= 4 is 11.7 Å². The summed E-state index contributed by atoms with van der Waals surface area (Å²) in [5, 5.41) is 13.3. The zero-order chi connectivity index (χ0) is 22.3. The molecule has 0 aliphatic heterocycles. The zero-order valence-corrected chi connectivity index (χ0v) is 19.5. The number of carbonyl (C=O) groups is 2. The Labute approximate surface area is 186 Å². The van der Waals surface area contributed by atoms with E-state index in [1.54, 1.807) is 0 Å². The number of phenols is 1. The highest BCUT2D eigenvalue weighted by atomic mass is 16.3. The molecule has 0 spiro atoms. The predicted molar refractivity (Wildman–Crippen MR) is 122 cm³/mol. The third-order valence-corrected chi connectivity index (χ3v) is 8.48. The molecule has 5 atom stereocenters. The number of hydrogen-bond donors (Lipinski definition) is 2. The Bertz CT molecular complexity index is 864. The van der Waals surface area contributed by atoms with Gasteiger partial charge in [-0.2, -0.15) is 0 Å². The van der Waals surface area contributed by atoms with Crippen LogP contribution in [0.3, 0.4) is 0 Å². The first kappa shape index (κ1) is 22.3. The second-order valence-electron chi connectivity index (χ2n) is 10.6. The van der Waals surface area contributed by atoms with Crippen LogP contribution in [-0.4, -0.2) is 48.9 Å². The number of ketones is 1. The number of phenolic OH excluding ortho intramolecular Hbond substituents is 1. The molecule has 1 aromatic carbocycles. The molecule has 3 aliphatic rings.